The van der Waals surface area contributed by atoms with Gasteiger partial charge in [-0.05, 0) is 124 Å². The number of piperidine rings is 1. The number of carbonyl (C=O) groups is 13. The fourth-order valence-corrected chi connectivity index (χ4v) is 15.1. The molecular formula is C84H110N16O20. The zero-order valence-electron chi connectivity index (χ0n) is 68.6. The lowest BCUT2D eigenvalue weighted by atomic mass is 9.90. The van der Waals surface area contributed by atoms with Crippen molar-refractivity contribution in [3.63, 3.8) is 0 Å². The van der Waals surface area contributed by atoms with E-state index in [-0.39, 0.29) is 183 Å². The molecule has 10 N–H and O–H groups in total. The Kier molecular flexibility index (Phi) is 34.5. The summed E-state index contributed by atoms with van der Waals surface area (Å²) in [6.07, 6.45) is 10.8. The minimum absolute atomic E-state index is 0.00151. The standard InChI is InChI=1S/C84H110N16O20/c1-6-65-81(111)96(4)67-50-89-83(95-75(67)99(65)59-15-7-8-16-59)92-63-28-21-56(49-68(63)114-5)79(109)100(60-26-24-57(25-27-60)86-36-41-115-39-10-9-13-55-14-11-17-61-62(55)51-98(80(61)110)66-29-30-70(102)94-77(66)107)84(113)120-52-54-19-22-58(23-20-54)90-76(106)64(18-12-35-88-82(85)112)91-78(108)74(53(2)3)93-71(103)34-40-116-43-45-118-47-48-119-46-44-117-42-37-87-69(101)33-38-97-72(104)31-32-73(97)105/h11,14,17,19-23,28,31-32,49-50,53,57,59-60,64-66,74,86H,6-8,10,12,15-16,18,24-27,29-30,33-48,51-52H2,1-5H3,(H,87,101)(H,90,106)(H,91,108)(H,93,103)(H3,85,88,112)(H,89,92,95)(H,94,102,107)/t57?,60?,64-,65+,66?,74-/m0/s1. The van der Waals surface area contributed by atoms with Crippen molar-refractivity contribution >= 4 is 106 Å². The van der Waals surface area contributed by atoms with Gasteiger partial charge in [0, 0.05) is 118 Å². The van der Waals surface area contributed by atoms with Gasteiger partial charge >= 0.3 is 12.1 Å². The van der Waals surface area contributed by atoms with E-state index in [0.717, 1.165) is 53.2 Å². The van der Waals surface area contributed by atoms with Crippen LogP contribution in [-0.4, -0.2) is 250 Å². The van der Waals surface area contributed by atoms with E-state index >= 15 is 4.79 Å². The Morgan fingerprint density at radius 2 is 1.43 bits per heavy atom. The summed E-state index contributed by atoms with van der Waals surface area (Å²) in [7, 11) is 3.19. The van der Waals surface area contributed by atoms with Gasteiger partial charge in [-0.3, -0.25) is 63.0 Å². The van der Waals surface area contributed by atoms with E-state index in [4.69, 9.17) is 43.9 Å². The summed E-state index contributed by atoms with van der Waals surface area (Å²) in [4.78, 5) is 186. The molecule has 10 rings (SSSR count). The molecule has 646 valence electrons. The maximum Gasteiger partial charge on any atom is 0.417 e. The summed E-state index contributed by atoms with van der Waals surface area (Å²) in [5.41, 5.74) is 9.23. The molecule has 4 atom stereocenters. The Bertz CT molecular complexity index is 4390. The molecule has 0 spiro atoms. The number of carbonyl (C=O) groups excluding carboxylic acids is 13. The van der Waals surface area contributed by atoms with E-state index in [0.29, 0.717) is 97.9 Å². The maximum atomic E-state index is 15.0. The largest absolute Gasteiger partial charge is 0.495 e. The molecule has 0 radical (unpaired) electrons. The van der Waals surface area contributed by atoms with Crippen LogP contribution in [0.5, 0.6) is 5.75 Å². The van der Waals surface area contributed by atoms with E-state index in [2.05, 4.69) is 64.3 Å². The fraction of sp³-hybridized carbons (Fsp3) is 0.536. The van der Waals surface area contributed by atoms with Crippen LogP contribution in [0.15, 0.2) is 79.0 Å². The number of primary amides is 1. The second kappa shape index (κ2) is 45.6. The maximum absolute atomic E-state index is 15.0. The molecule has 2 aliphatic carbocycles. The SMILES string of the molecule is CC[C@@H]1C(=O)N(C)c2cnc(Nc3ccc(C(=O)N(C(=O)OCc4ccc(NC(=O)[C@H](CCCNC(N)=O)NC(=O)[C@@H](NC(=O)CCOCCOCCOCCOCCNC(=O)CCN5C(=O)C=CC5=O)C(C)C)cc4)C4CCC(NCCOCCC#Cc5cccc6c5CN(C5CCC(=O)NC5=O)C6=O)CC4)cc3OC)nc2N1C1CCCC1. The van der Waals surface area contributed by atoms with Crippen molar-refractivity contribution in [1.82, 2.24) is 56.6 Å². The number of nitrogens with two attached hydrogens (primary N) is 1. The van der Waals surface area contributed by atoms with E-state index in [1.807, 2.05) is 13.0 Å². The second-order valence-electron chi connectivity index (χ2n) is 30.1. The summed E-state index contributed by atoms with van der Waals surface area (Å²) in [6, 6.07) is 12.0. The summed E-state index contributed by atoms with van der Waals surface area (Å²) in [5.74, 6) is 2.41. The number of hydrogen-bond acceptors (Lipinski definition) is 25. The van der Waals surface area contributed by atoms with Gasteiger partial charge in [0.2, 0.25) is 47.3 Å². The Morgan fingerprint density at radius 1 is 0.742 bits per heavy atom. The number of urea groups is 1. The number of likely N-dealkylation sites (N-methyl/N-ethyl adjacent to an activating group) is 1. The molecule has 1 aromatic heterocycles. The van der Waals surface area contributed by atoms with Crippen molar-refractivity contribution in [2.24, 2.45) is 11.7 Å². The zero-order valence-corrected chi connectivity index (χ0v) is 68.6. The first kappa shape index (κ1) is 90.8. The molecule has 36 heteroatoms. The first-order valence-corrected chi connectivity index (χ1v) is 41.1. The highest BCUT2D eigenvalue weighted by molar-refractivity contribution is 6.13. The first-order valence-electron chi connectivity index (χ1n) is 41.1. The molecular weight excluding hydrogens is 1550 g/mol. The summed E-state index contributed by atoms with van der Waals surface area (Å²) < 4.78 is 39.9. The number of imide groups is 3. The van der Waals surface area contributed by atoms with Gasteiger partial charge in [0.1, 0.15) is 42.2 Å². The molecule has 14 amide bonds. The minimum atomic E-state index is -1.15. The Labute approximate surface area is 696 Å². The van der Waals surface area contributed by atoms with Crippen molar-refractivity contribution in [1.29, 1.82) is 0 Å². The van der Waals surface area contributed by atoms with Crippen molar-refractivity contribution in [3.8, 4) is 17.6 Å². The predicted molar refractivity (Wildman–Crippen MR) is 438 cm³/mol. The third-order valence-electron chi connectivity index (χ3n) is 21.5. The molecule has 4 aromatic rings. The number of benzene rings is 3. The minimum Gasteiger partial charge on any atom is -0.495 e. The Balaban J connectivity index is 0.699. The number of hydrogen-bond donors (Lipinski definition) is 9. The van der Waals surface area contributed by atoms with Crippen LogP contribution >= 0.6 is 0 Å². The molecule has 5 heterocycles. The highest BCUT2D eigenvalue weighted by Crippen LogP contribution is 2.41. The zero-order chi connectivity index (χ0) is 85.6. The van der Waals surface area contributed by atoms with Crippen molar-refractivity contribution in [2.45, 2.75) is 179 Å². The number of anilines is 5. The van der Waals surface area contributed by atoms with E-state index < -0.39 is 83.6 Å². The molecule has 4 aliphatic heterocycles. The van der Waals surface area contributed by atoms with Gasteiger partial charge in [0.25, 0.3) is 23.6 Å². The van der Waals surface area contributed by atoms with Crippen LogP contribution in [0.3, 0.4) is 0 Å². The van der Waals surface area contributed by atoms with Gasteiger partial charge in [-0.2, -0.15) is 4.98 Å². The molecule has 2 saturated carbocycles. The summed E-state index contributed by atoms with van der Waals surface area (Å²) in [6.45, 7) is 8.80. The van der Waals surface area contributed by atoms with E-state index in [1.165, 1.54) is 18.1 Å². The highest BCUT2D eigenvalue weighted by Gasteiger charge is 2.43. The lowest BCUT2D eigenvalue weighted by Crippen LogP contribution is -2.55. The quantitative estimate of drug-likeness (QED) is 0.0167. The number of methoxy groups -OCH3 is 1. The molecule has 36 nitrogen and oxygen atoms in total. The number of amides is 14. The smallest absolute Gasteiger partial charge is 0.417 e. The first-order chi connectivity index (χ1) is 58.0. The number of aromatic nitrogens is 2. The molecule has 0 bridgehead atoms. The fourth-order valence-electron chi connectivity index (χ4n) is 15.1. The van der Waals surface area contributed by atoms with Crippen molar-refractivity contribution in [3.05, 3.63) is 107 Å². The van der Waals surface area contributed by atoms with Gasteiger partial charge in [0.05, 0.1) is 85.1 Å². The monoisotopic (exact) mass is 1660 g/mol. The van der Waals surface area contributed by atoms with Crippen LogP contribution in [0.2, 0.25) is 0 Å². The van der Waals surface area contributed by atoms with Crippen LogP contribution in [0.25, 0.3) is 0 Å². The molecule has 3 fully saturated rings. The molecule has 1 unspecified atom stereocenters. The van der Waals surface area contributed by atoms with E-state index in [9.17, 15) is 57.5 Å². The second-order valence-corrected chi connectivity index (χ2v) is 30.1. The Hall–Kier alpha value is -11.5. The van der Waals surface area contributed by atoms with Crippen LogP contribution in [-0.2, 0) is 84.7 Å². The average molecular weight is 1660 g/mol. The third-order valence-corrected chi connectivity index (χ3v) is 21.5. The molecule has 120 heavy (non-hydrogen) atoms. The lowest BCUT2D eigenvalue weighted by molar-refractivity contribution is -0.138. The number of ether oxygens (including phenoxy) is 7. The predicted octanol–water partition coefficient (Wildman–Crippen LogP) is 4.53. The number of fused-ring (bicyclic) bond motifs is 2. The highest BCUT2D eigenvalue weighted by atomic mass is 16.6. The van der Waals surface area contributed by atoms with Gasteiger partial charge in [0.15, 0.2) is 5.82 Å². The number of nitrogens with one attached hydrogen (secondary N) is 8. The topological polar surface area (TPSA) is 451 Å². The van der Waals surface area contributed by atoms with Gasteiger partial charge in [-0.1, -0.05) is 63.7 Å². The van der Waals surface area contributed by atoms with Crippen LogP contribution in [0.4, 0.5) is 38.4 Å². The lowest BCUT2D eigenvalue weighted by Gasteiger charge is -2.43. The van der Waals surface area contributed by atoms with Crippen LogP contribution in [0, 0.1) is 17.8 Å². The third kappa shape index (κ3) is 25.5. The van der Waals surface area contributed by atoms with Crippen molar-refractivity contribution in [2.75, 3.05) is 127 Å². The van der Waals surface area contributed by atoms with E-state index in [1.54, 1.807) is 80.5 Å². The Morgan fingerprint density at radius 3 is 2.12 bits per heavy atom. The van der Waals surface area contributed by atoms with Crippen LogP contribution in [0.1, 0.15) is 161 Å². The van der Waals surface area contributed by atoms with Crippen LogP contribution < -0.4 is 62.8 Å². The van der Waals surface area contributed by atoms with Gasteiger partial charge < -0.3 is 90.8 Å². The molecule has 6 aliphatic rings. The van der Waals surface area contributed by atoms with Gasteiger partial charge in [-0.25, -0.2) is 19.5 Å². The van der Waals surface area contributed by atoms with Gasteiger partial charge in [-0.15, -0.1) is 0 Å². The number of nitrogens with zero attached hydrogens (tertiary/aromatic N) is 7. The number of rotatable bonds is 44. The normalized spacial score (nSPS) is 18.1. The molecule has 3 aromatic carbocycles. The van der Waals surface area contributed by atoms with Crippen molar-refractivity contribution < 1.29 is 95.5 Å². The summed E-state index contributed by atoms with van der Waals surface area (Å²) >= 11 is 0. The molecule has 1 saturated heterocycles. The summed E-state index contributed by atoms with van der Waals surface area (Å²) in [5, 5.41) is 22.7. The average Bonchev–Trinajstić information content (AvgIpc) is 1.08.